The number of amides is 1. The Morgan fingerprint density at radius 2 is 1.88 bits per heavy atom. The number of ether oxygens (including phenoxy) is 1. The summed E-state index contributed by atoms with van der Waals surface area (Å²) in [6.07, 6.45) is 0.974. The van der Waals surface area contributed by atoms with Gasteiger partial charge in [-0.25, -0.2) is 0 Å². The smallest absolute Gasteiger partial charge is 0.289 e. The number of hydrogen-bond donors (Lipinski definition) is 0. The first-order valence-corrected chi connectivity index (χ1v) is 8.37. The van der Waals surface area contributed by atoms with Crippen molar-refractivity contribution in [2.45, 2.75) is 19.9 Å². The van der Waals surface area contributed by atoms with Crippen molar-refractivity contribution in [1.29, 1.82) is 0 Å². The Morgan fingerprint density at radius 3 is 2.54 bits per heavy atom. The summed E-state index contributed by atoms with van der Waals surface area (Å²) >= 11 is 0. The van der Waals surface area contributed by atoms with Crippen molar-refractivity contribution in [2.75, 3.05) is 33.3 Å². The third-order valence-corrected chi connectivity index (χ3v) is 4.39. The first kappa shape index (κ1) is 16.6. The molecule has 1 fully saturated rings. The summed E-state index contributed by atoms with van der Waals surface area (Å²) in [4.78, 5) is 16.8. The third-order valence-electron chi connectivity index (χ3n) is 4.39. The van der Waals surface area contributed by atoms with Crippen LogP contribution >= 0.6 is 0 Å². The molecule has 24 heavy (non-hydrogen) atoms. The molecule has 0 aliphatic carbocycles. The maximum absolute atomic E-state index is 12.5. The van der Waals surface area contributed by atoms with Crippen LogP contribution in [0.1, 0.15) is 28.3 Å². The van der Waals surface area contributed by atoms with E-state index in [1.165, 1.54) is 5.56 Å². The normalized spacial score (nSPS) is 16.0. The highest BCUT2D eigenvalue weighted by atomic mass is 16.5. The van der Waals surface area contributed by atoms with E-state index in [1.54, 1.807) is 13.2 Å². The Kier molecular flexibility index (Phi) is 5.20. The molecule has 0 bridgehead atoms. The molecule has 0 N–H and O–H groups in total. The van der Waals surface area contributed by atoms with Gasteiger partial charge in [0.1, 0.15) is 11.5 Å². The van der Waals surface area contributed by atoms with Gasteiger partial charge in [-0.3, -0.25) is 9.69 Å². The summed E-state index contributed by atoms with van der Waals surface area (Å²) < 4.78 is 10.7. The molecule has 0 atom stereocenters. The van der Waals surface area contributed by atoms with E-state index in [-0.39, 0.29) is 5.91 Å². The Morgan fingerprint density at radius 1 is 1.08 bits per heavy atom. The van der Waals surface area contributed by atoms with E-state index >= 15 is 0 Å². The Labute approximate surface area is 142 Å². The topological polar surface area (TPSA) is 45.9 Å². The lowest BCUT2D eigenvalue weighted by Crippen LogP contribution is -2.34. The lowest BCUT2D eigenvalue weighted by atomic mass is 10.2. The molecule has 1 amide bonds. The molecule has 1 aliphatic rings. The van der Waals surface area contributed by atoms with Gasteiger partial charge in [-0.2, -0.15) is 0 Å². The number of furan rings is 1. The summed E-state index contributed by atoms with van der Waals surface area (Å²) in [5.41, 5.74) is 1.26. The lowest BCUT2D eigenvalue weighted by Gasteiger charge is -2.21. The Hall–Kier alpha value is -2.27. The van der Waals surface area contributed by atoms with E-state index in [1.807, 2.05) is 30.0 Å². The van der Waals surface area contributed by atoms with Crippen LogP contribution in [0.15, 0.2) is 40.8 Å². The van der Waals surface area contributed by atoms with Gasteiger partial charge in [-0.15, -0.1) is 0 Å². The minimum Gasteiger partial charge on any atom is -0.497 e. The summed E-state index contributed by atoms with van der Waals surface area (Å²) in [5.74, 6) is 2.08. The van der Waals surface area contributed by atoms with E-state index in [9.17, 15) is 4.79 Å². The highest BCUT2D eigenvalue weighted by molar-refractivity contribution is 5.91. The van der Waals surface area contributed by atoms with Gasteiger partial charge in [0, 0.05) is 32.7 Å². The average molecular weight is 328 g/mol. The fraction of sp³-hybridized carbons (Fsp3) is 0.421. The zero-order chi connectivity index (χ0) is 16.9. The maximum atomic E-state index is 12.5. The van der Waals surface area contributed by atoms with Gasteiger partial charge in [0.15, 0.2) is 5.76 Å². The maximum Gasteiger partial charge on any atom is 0.289 e. The summed E-state index contributed by atoms with van der Waals surface area (Å²) in [6, 6.07) is 11.8. The van der Waals surface area contributed by atoms with E-state index in [0.29, 0.717) is 5.76 Å². The molecule has 5 heteroatoms. The molecule has 1 saturated heterocycles. The van der Waals surface area contributed by atoms with E-state index < -0.39 is 0 Å². The van der Waals surface area contributed by atoms with Crippen LogP contribution in [-0.2, 0) is 6.54 Å². The predicted octanol–water partition coefficient (Wildman–Crippen LogP) is 2.94. The van der Waals surface area contributed by atoms with Crippen molar-refractivity contribution in [3.63, 3.8) is 0 Å². The molecular formula is C19H24N2O3. The highest BCUT2D eigenvalue weighted by Crippen LogP contribution is 2.16. The molecule has 0 spiro atoms. The molecule has 128 valence electrons. The standard InChI is InChI=1S/C19H24N2O3/c1-15-4-9-18(24-15)19(22)21-11-3-10-20(12-13-21)14-16-5-7-17(23-2)8-6-16/h4-9H,3,10-14H2,1-2H3. The van der Waals surface area contributed by atoms with Crippen molar-refractivity contribution in [1.82, 2.24) is 9.80 Å². The molecule has 0 unspecified atom stereocenters. The number of hydrogen-bond acceptors (Lipinski definition) is 4. The molecule has 0 saturated carbocycles. The number of methoxy groups -OCH3 is 1. The van der Waals surface area contributed by atoms with Crippen LogP contribution in [0, 0.1) is 6.92 Å². The number of benzene rings is 1. The Bertz CT molecular complexity index is 678. The molecule has 1 aromatic carbocycles. The number of nitrogens with zero attached hydrogens (tertiary/aromatic N) is 2. The van der Waals surface area contributed by atoms with Crippen LogP contribution in [0.3, 0.4) is 0 Å². The molecule has 1 aromatic heterocycles. The molecule has 1 aliphatic heterocycles. The van der Waals surface area contributed by atoms with Crippen molar-refractivity contribution >= 4 is 5.91 Å². The van der Waals surface area contributed by atoms with Crippen molar-refractivity contribution in [2.24, 2.45) is 0 Å². The molecule has 2 heterocycles. The van der Waals surface area contributed by atoms with Gasteiger partial charge >= 0.3 is 0 Å². The predicted molar refractivity (Wildman–Crippen MR) is 92.2 cm³/mol. The second kappa shape index (κ2) is 7.53. The largest absolute Gasteiger partial charge is 0.497 e. The average Bonchev–Trinajstić information content (AvgIpc) is 2.90. The molecular weight excluding hydrogens is 304 g/mol. The van der Waals surface area contributed by atoms with Crippen LogP contribution in [-0.4, -0.2) is 49.0 Å². The third kappa shape index (κ3) is 3.97. The summed E-state index contributed by atoms with van der Waals surface area (Å²) in [7, 11) is 1.68. The number of rotatable bonds is 4. The SMILES string of the molecule is COc1ccc(CN2CCCN(C(=O)c3ccc(C)o3)CC2)cc1. The van der Waals surface area contributed by atoms with Crippen LogP contribution in [0.4, 0.5) is 0 Å². The Balaban J connectivity index is 1.57. The monoisotopic (exact) mass is 328 g/mol. The second-order valence-electron chi connectivity index (χ2n) is 6.18. The zero-order valence-corrected chi connectivity index (χ0v) is 14.3. The lowest BCUT2D eigenvalue weighted by molar-refractivity contribution is 0.0728. The number of carbonyl (C=O) groups is 1. The van der Waals surface area contributed by atoms with Crippen LogP contribution < -0.4 is 4.74 Å². The number of carbonyl (C=O) groups excluding carboxylic acids is 1. The molecule has 5 nitrogen and oxygen atoms in total. The van der Waals surface area contributed by atoms with Gasteiger partial charge in [0.25, 0.3) is 5.91 Å². The minimum absolute atomic E-state index is 0.00519. The van der Waals surface area contributed by atoms with Gasteiger partial charge in [0.2, 0.25) is 0 Å². The van der Waals surface area contributed by atoms with Gasteiger partial charge in [0.05, 0.1) is 7.11 Å². The fourth-order valence-corrected chi connectivity index (χ4v) is 3.03. The highest BCUT2D eigenvalue weighted by Gasteiger charge is 2.22. The minimum atomic E-state index is -0.00519. The quantitative estimate of drug-likeness (QED) is 0.866. The zero-order valence-electron chi connectivity index (χ0n) is 14.3. The first-order chi connectivity index (χ1) is 11.7. The number of aryl methyl sites for hydroxylation is 1. The van der Waals surface area contributed by atoms with E-state index in [2.05, 4.69) is 17.0 Å². The second-order valence-corrected chi connectivity index (χ2v) is 6.18. The first-order valence-electron chi connectivity index (χ1n) is 8.37. The van der Waals surface area contributed by atoms with Crippen LogP contribution in [0.2, 0.25) is 0 Å². The van der Waals surface area contributed by atoms with Gasteiger partial charge in [-0.05, 0) is 43.2 Å². The van der Waals surface area contributed by atoms with E-state index in [0.717, 1.165) is 50.7 Å². The fourth-order valence-electron chi connectivity index (χ4n) is 3.03. The molecule has 3 rings (SSSR count). The summed E-state index contributed by atoms with van der Waals surface area (Å²) in [6.45, 7) is 6.12. The van der Waals surface area contributed by atoms with Crippen molar-refractivity contribution in [3.8, 4) is 5.75 Å². The molecule has 2 aromatic rings. The van der Waals surface area contributed by atoms with E-state index in [4.69, 9.17) is 9.15 Å². The van der Waals surface area contributed by atoms with Gasteiger partial charge in [-0.1, -0.05) is 12.1 Å². The van der Waals surface area contributed by atoms with Gasteiger partial charge < -0.3 is 14.1 Å². The van der Waals surface area contributed by atoms with Crippen LogP contribution in [0.5, 0.6) is 5.75 Å². The van der Waals surface area contributed by atoms with Crippen molar-refractivity contribution in [3.05, 3.63) is 53.5 Å². The molecule has 0 radical (unpaired) electrons. The summed E-state index contributed by atoms with van der Waals surface area (Å²) in [5, 5.41) is 0. The van der Waals surface area contributed by atoms with Crippen LogP contribution in [0.25, 0.3) is 0 Å². The van der Waals surface area contributed by atoms with Crippen molar-refractivity contribution < 1.29 is 13.9 Å².